The van der Waals surface area contributed by atoms with Gasteiger partial charge in [-0.2, -0.15) is 0 Å². The molecule has 1 rings (SSSR count). The summed E-state index contributed by atoms with van der Waals surface area (Å²) in [6.07, 6.45) is 5.47. The molecule has 0 spiro atoms. The second-order valence-electron chi connectivity index (χ2n) is 6.40. The van der Waals surface area contributed by atoms with Gasteiger partial charge in [-0.25, -0.2) is 4.79 Å². The van der Waals surface area contributed by atoms with Crippen molar-refractivity contribution < 1.29 is 9.53 Å². The summed E-state index contributed by atoms with van der Waals surface area (Å²) in [5, 5.41) is 4.05. The van der Waals surface area contributed by atoms with Gasteiger partial charge in [0.2, 0.25) is 0 Å². The number of hydrogen-bond donors (Lipinski definition) is 1. The lowest BCUT2D eigenvalue weighted by Crippen LogP contribution is -2.55. The molecule has 0 radical (unpaired) electrons. The zero-order valence-corrected chi connectivity index (χ0v) is 13.6. The van der Waals surface area contributed by atoms with Gasteiger partial charge >= 0.3 is 6.09 Å². The Morgan fingerprint density at radius 2 is 1.89 bits per heavy atom. The molecule has 18 heavy (non-hydrogen) atoms. The monoisotopic (exact) mass is 319 g/mol. The van der Waals surface area contributed by atoms with Crippen molar-refractivity contribution in [3.63, 3.8) is 0 Å². The van der Waals surface area contributed by atoms with E-state index in [1.165, 1.54) is 19.3 Å². The summed E-state index contributed by atoms with van der Waals surface area (Å²) in [5.41, 5.74) is -0.526. The molecule has 1 fully saturated rings. The molecule has 1 atom stereocenters. The average molecular weight is 320 g/mol. The van der Waals surface area contributed by atoms with Gasteiger partial charge < -0.3 is 10.1 Å². The Morgan fingerprint density at radius 3 is 2.33 bits per heavy atom. The van der Waals surface area contributed by atoms with Crippen molar-refractivity contribution >= 4 is 22.0 Å². The molecule has 1 N–H and O–H groups in total. The molecule has 0 aromatic rings. The largest absolute Gasteiger partial charge is 0.444 e. The maximum absolute atomic E-state index is 12.0. The smallest absolute Gasteiger partial charge is 0.408 e. The van der Waals surface area contributed by atoms with Crippen LogP contribution in [0.5, 0.6) is 0 Å². The van der Waals surface area contributed by atoms with E-state index in [1.807, 2.05) is 20.8 Å². The fourth-order valence-electron chi connectivity index (χ4n) is 2.58. The number of halogens is 1. The normalized spacial score (nSPS) is 21.2. The Balaban J connectivity index is 2.70. The number of rotatable bonds is 3. The molecule has 106 valence electrons. The number of nitrogens with one attached hydrogen (secondary N) is 1. The van der Waals surface area contributed by atoms with Gasteiger partial charge in [0, 0.05) is 10.9 Å². The minimum atomic E-state index is -0.433. The van der Waals surface area contributed by atoms with E-state index in [4.69, 9.17) is 4.74 Å². The Kier molecular flexibility index (Phi) is 5.50. The Labute approximate surface area is 119 Å². The predicted molar refractivity (Wildman–Crippen MR) is 78.1 cm³/mol. The fraction of sp³-hybridized carbons (Fsp3) is 0.929. The third-order valence-electron chi connectivity index (χ3n) is 3.67. The molecule has 4 heteroatoms. The summed E-state index contributed by atoms with van der Waals surface area (Å²) >= 11 is 3.54. The molecular formula is C14H26BrNO2. The molecule has 1 unspecified atom stereocenters. The average Bonchev–Trinajstić information content (AvgIpc) is 2.26. The van der Waals surface area contributed by atoms with Gasteiger partial charge in [-0.1, -0.05) is 42.1 Å². The quantitative estimate of drug-likeness (QED) is 0.790. The Bertz CT molecular complexity index is 280. The van der Waals surface area contributed by atoms with Crippen LogP contribution >= 0.6 is 15.9 Å². The first-order valence-corrected chi connectivity index (χ1v) is 7.98. The van der Waals surface area contributed by atoms with Crippen molar-refractivity contribution in [3.05, 3.63) is 0 Å². The standard InChI is InChI=1S/C14H26BrNO2/c1-11(10-15)14(8-6-5-7-9-14)16-12(17)18-13(2,3)4/h11H,5-10H2,1-4H3,(H,16,17). The van der Waals surface area contributed by atoms with Gasteiger partial charge in [-0.05, 0) is 39.5 Å². The highest BCUT2D eigenvalue weighted by Crippen LogP contribution is 2.35. The second-order valence-corrected chi connectivity index (χ2v) is 7.05. The van der Waals surface area contributed by atoms with Crippen molar-refractivity contribution in [2.24, 2.45) is 5.92 Å². The van der Waals surface area contributed by atoms with E-state index < -0.39 is 5.60 Å². The molecular weight excluding hydrogens is 294 g/mol. The minimum absolute atomic E-state index is 0.0932. The minimum Gasteiger partial charge on any atom is -0.444 e. The van der Waals surface area contributed by atoms with Gasteiger partial charge in [0.1, 0.15) is 5.60 Å². The zero-order valence-electron chi connectivity index (χ0n) is 12.0. The van der Waals surface area contributed by atoms with Gasteiger partial charge in [0.05, 0.1) is 0 Å². The van der Waals surface area contributed by atoms with Crippen LogP contribution in [-0.4, -0.2) is 22.6 Å². The lowest BCUT2D eigenvalue weighted by atomic mass is 9.74. The summed E-state index contributed by atoms with van der Waals surface area (Å²) in [6.45, 7) is 7.88. The highest BCUT2D eigenvalue weighted by molar-refractivity contribution is 9.09. The van der Waals surface area contributed by atoms with Crippen LogP contribution in [0.2, 0.25) is 0 Å². The molecule has 0 aromatic heterocycles. The topological polar surface area (TPSA) is 38.3 Å². The van der Waals surface area contributed by atoms with Crippen LogP contribution in [0.3, 0.4) is 0 Å². The number of carbonyl (C=O) groups is 1. The number of hydrogen-bond acceptors (Lipinski definition) is 2. The fourth-order valence-corrected chi connectivity index (χ4v) is 3.20. The van der Waals surface area contributed by atoms with E-state index in [9.17, 15) is 4.79 Å². The summed E-state index contributed by atoms with van der Waals surface area (Å²) in [7, 11) is 0. The number of alkyl halides is 1. The first kappa shape index (κ1) is 15.8. The van der Waals surface area contributed by atoms with Crippen LogP contribution in [0, 0.1) is 5.92 Å². The van der Waals surface area contributed by atoms with E-state index in [1.54, 1.807) is 0 Å². The maximum atomic E-state index is 12.0. The predicted octanol–water partition coefficient (Wildman–Crippen LogP) is 4.25. The van der Waals surface area contributed by atoms with E-state index in [2.05, 4.69) is 28.2 Å². The van der Waals surface area contributed by atoms with Gasteiger partial charge in [0.15, 0.2) is 0 Å². The Hall–Kier alpha value is -0.250. The van der Waals surface area contributed by atoms with Crippen molar-refractivity contribution in [2.45, 2.75) is 70.9 Å². The molecule has 0 saturated heterocycles. The van der Waals surface area contributed by atoms with Crippen LogP contribution in [-0.2, 0) is 4.74 Å². The van der Waals surface area contributed by atoms with Crippen molar-refractivity contribution in [3.8, 4) is 0 Å². The van der Waals surface area contributed by atoms with Crippen molar-refractivity contribution in [2.75, 3.05) is 5.33 Å². The van der Waals surface area contributed by atoms with E-state index in [0.717, 1.165) is 18.2 Å². The third-order valence-corrected chi connectivity index (χ3v) is 4.64. The lowest BCUT2D eigenvalue weighted by Gasteiger charge is -2.42. The Morgan fingerprint density at radius 1 is 1.33 bits per heavy atom. The summed E-state index contributed by atoms with van der Waals surface area (Å²) in [4.78, 5) is 12.0. The number of amides is 1. The van der Waals surface area contributed by atoms with E-state index in [0.29, 0.717) is 5.92 Å². The maximum Gasteiger partial charge on any atom is 0.408 e. The van der Waals surface area contributed by atoms with Gasteiger partial charge in [-0.3, -0.25) is 0 Å². The number of carbonyl (C=O) groups excluding carboxylic acids is 1. The lowest BCUT2D eigenvalue weighted by molar-refractivity contribution is 0.0375. The SMILES string of the molecule is CC(CBr)C1(NC(=O)OC(C)(C)C)CCCCC1. The van der Waals surface area contributed by atoms with Crippen molar-refractivity contribution in [1.29, 1.82) is 0 Å². The van der Waals surface area contributed by atoms with Crippen LogP contribution in [0.15, 0.2) is 0 Å². The molecule has 0 heterocycles. The van der Waals surface area contributed by atoms with Gasteiger partial charge in [0.25, 0.3) is 0 Å². The molecule has 0 aromatic carbocycles. The molecule has 0 aliphatic heterocycles. The van der Waals surface area contributed by atoms with Crippen LogP contribution in [0.4, 0.5) is 4.79 Å². The molecule has 0 bridgehead atoms. The number of alkyl carbamates (subject to hydrolysis) is 1. The number of ether oxygens (including phenoxy) is 1. The first-order valence-electron chi connectivity index (χ1n) is 6.86. The zero-order chi connectivity index (χ0) is 13.8. The van der Waals surface area contributed by atoms with Crippen LogP contribution < -0.4 is 5.32 Å². The van der Waals surface area contributed by atoms with E-state index in [-0.39, 0.29) is 11.6 Å². The molecule has 1 amide bonds. The van der Waals surface area contributed by atoms with E-state index >= 15 is 0 Å². The molecule has 1 aliphatic carbocycles. The summed E-state index contributed by atoms with van der Waals surface area (Å²) in [6, 6.07) is 0. The van der Waals surface area contributed by atoms with Crippen LogP contribution in [0.25, 0.3) is 0 Å². The summed E-state index contributed by atoms with van der Waals surface area (Å²) < 4.78 is 5.39. The second kappa shape index (κ2) is 6.27. The third kappa shape index (κ3) is 4.45. The van der Waals surface area contributed by atoms with Crippen LogP contribution in [0.1, 0.15) is 59.8 Å². The van der Waals surface area contributed by atoms with Crippen molar-refractivity contribution in [1.82, 2.24) is 5.32 Å². The molecule has 3 nitrogen and oxygen atoms in total. The highest BCUT2D eigenvalue weighted by atomic mass is 79.9. The molecule has 1 aliphatic rings. The molecule has 1 saturated carbocycles. The first-order chi connectivity index (χ1) is 8.29. The van der Waals surface area contributed by atoms with Gasteiger partial charge in [-0.15, -0.1) is 0 Å². The highest BCUT2D eigenvalue weighted by Gasteiger charge is 2.39. The summed E-state index contributed by atoms with van der Waals surface area (Å²) in [5.74, 6) is 0.422.